The highest BCUT2D eigenvalue weighted by Crippen LogP contribution is 2.24. The topological polar surface area (TPSA) is 64.3 Å². The second-order valence-corrected chi connectivity index (χ2v) is 3.92. The van der Waals surface area contributed by atoms with Gasteiger partial charge in [0.15, 0.2) is 0 Å². The van der Waals surface area contributed by atoms with Gasteiger partial charge >= 0.3 is 0 Å². The molecular formula is C10H20N2O2. The quantitative estimate of drug-likeness (QED) is 0.669. The molecule has 1 fully saturated rings. The monoisotopic (exact) mass is 200 g/mol. The highest BCUT2D eigenvalue weighted by molar-refractivity contribution is 5.76. The van der Waals surface area contributed by atoms with Gasteiger partial charge in [-0.3, -0.25) is 4.79 Å². The van der Waals surface area contributed by atoms with Gasteiger partial charge in [0.05, 0.1) is 6.61 Å². The van der Waals surface area contributed by atoms with Crippen LogP contribution in [0.5, 0.6) is 0 Å². The van der Waals surface area contributed by atoms with E-state index in [2.05, 4.69) is 5.32 Å². The number of amides is 1. The third-order valence-electron chi connectivity index (χ3n) is 2.77. The number of nitrogens with one attached hydrogen (secondary N) is 1. The second kappa shape index (κ2) is 5.98. The zero-order valence-corrected chi connectivity index (χ0v) is 8.79. The molecule has 4 nitrogen and oxygen atoms in total. The minimum absolute atomic E-state index is 0.0921. The largest absolute Gasteiger partial charge is 0.384 e. The van der Waals surface area contributed by atoms with Gasteiger partial charge < -0.3 is 15.8 Å². The minimum Gasteiger partial charge on any atom is -0.384 e. The number of carbonyl (C=O) groups is 1. The molecule has 0 radical (unpaired) electrons. The van der Waals surface area contributed by atoms with Crippen LogP contribution in [0.25, 0.3) is 0 Å². The molecule has 82 valence electrons. The average Bonchev–Trinajstić information content (AvgIpc) is 2.62. The van der Waals surface area contributed by atoms with Crippen molar-refractivity contribution in [3.05, 3.63) is 0 Å². The lowest BCUT2D eigenvalue weighted by Crippen LogP contribution is -2.33. The Balaban J connectivity index is 2.15. The van der Waals surface area contributed by atoms with Gasteiger partial charge in [0.2, 0.25) is 5.91 Å². The maximum absolute atomic E-state index is 11.3. The molecule has 0 heterocycles. The van der Waals surface area contributed by atoms with E-state index in [9.17, 15) is 4.79 Å². The molecule has 1 aliphatic rings. The van der Waals surface area contributed by atoms with Crippen LogP contribution in [0.15, 0.2) is 0 Å². The molecule has 0 unspecified atom stereocenters. The Bertz CT molecular complexity index is 185. The van der Waals surface area contributed by atoms with Gasteiger partial charge in [0.25, 0.3) is 0 Å². The number of methoxy groups -OCH3 is 1. The van der Waals surface area contributed by atoms with E-state index in [4.69, 9.17) is 10.5 Å². The summed E-state index contributed by atoms with van der Waals surface area (Å²) in [7, 11) is 1.60. The second-order valence-electron chi connectivity index (χ2n) is 3.92. The number of hydrogen-bond acceptors (Lipinski definition) is 3. The molecule has 1 saturated carbocycles. The molecule has 0 aromatic heterocycles. The van der Waals surface area contributed by atoms with E-state index in [0.29, 0.717) is 25.0 Å². The van der Waals surface area contributed by atoms with Gasteiger partial charge in [-0.25, -0.2) is 0 Å². The van der Waals surface area contributed by atoms with Crippen LogP contribution in [-0.2, 0) is 9.53 Å². The van der Waals surface area contributed by atoms with Gasteiger partial charge in [-0.05, 0) is 31.7 Å². The summed E-state index contributed by atoms with van der Waals surface area (Å²) in [6, 6.07) is 0.341. The van der Waals surface area contributed by atoms with Crippen LogP contribution in [0.2, 0.25) is 0 Å². The number of carbonyl (C=O) groups excluding carboxylic acids is 1. The maximum atomic E-state index is 11.3. The molecule has 0 aliphatic heterocycles. The molecule has 14 heavy (non-hydrogen) atoms. The molecule has 1 aliphatic carbocycles. The Morgan fingerprint density at radius 1 is 1.57 bits per heavy atom. The zero-order chi connectivity index (χ0) is 10.4. The highest BCUT2D eigenvalue weighted by atomic mass is 16.5. The highest BCUT2D eigenvalue weighted by Gasteiger charge is 2.24. The Morgan fingerprint density at radius 3 is 2.93 bits per heavy atom. The average molecular weight is 200 g/mol. The third-order valence-corrected chi connectivity index (χ3v) is 2.77. The van der Waals surface area contributed by atoms with E-state index in [1.165, 1.54) is 0 Å². The number of ether oxygens (including phenoxy) is 1. The summed E-state index contributed by atoms with van der Waals surface area (Å²) in [5, 5.41) is 3.00. The van der Waals surface area contributed by atoms with Crippen molar-refractivity contribution < 1.29 is 9.53 Å². The van der Waals surface area contributed by atoms with E-state index in [0.717, 1.165) is 25.8 Å². The van der Waals surface area contributed by atoms with Crippen molar-refractivity contribution in [2.24, 2.45) is 11.7 Å². The van der Waals surface area contributed by atoms with E-state index >= 15 is 0 Å². The van der Waals surface area contributed by atoms with Crippen LogP contribution in [0.1, 0.15) is 25.7 Å². The lowest BCUT2D eigenvalue weighted by molar-refractivity contribution is -0.122. The molecule has 3 N–H and O–H groups in total. The van der Waals surface area contributed by atoms with Crippen LogP contribution in [0.3, 0.4) is 0 Å². The first-order chi connectivity index (χ1) is 6.76. The summed E-state index contributed by atoms with van der Waals surface area (Å²) in [6.07, 6.45) is 3.71. The lowest BCUT2D eigenvalue weighted by atomic mass is 10.1. The first kappa shape index (κ1) is 11.5. The van der Waals surface area contributed by atoms with Crippen molar-refractivity contribution in [1.82, 2.24) is 5.32 Å². The van der Waals surface area contributed by atoms with Crippen LogP contribution in [-0.4, -0.2) is 32.2 Å². The summed E-state index contributed by atoms with van der Waals surface area (Å²) in [4.78, 5) is 11.3. The van der Waals surface area contributed by atoms with Crippen molar-refractivity contribution in [2.45, 2.75) is 31.7 Å². The molecule has 2 atom stereocenters. The van der Waals surface area contributed by atoms with Crippen LogP contribution >= 0.6 is 0 Å². The van der Waals surface area contributed by atoms with Gasteiger partial charge in [0, 0.05) is 19.6 Å². The SMILES string of the molecule is COCCC(=O)N[C@@H]1CC[C@H](CN)C1. The molecule has 0 aromatic rings. The maximum Gasteiger partial charge on any atom is 0.222 e. The molecule has 0 aromatic carbocycles. The van der Waals surface area contributed by atoms with Crippen molar-refractivity contribution in [2.75, 3.05) is 20.3 Å². The summed E-state index contributed by atoms with van der Waals surface area (Å²) < 4.78 is 4.84. The normalized spacial score (nSPS) is 26.4. The summed E-state index contributed by atoms with van der Waals surface area (Å²) in [6.45, 7) is 1.24. The van der Waals surface area contributed by atoms with Gasteiger partial charge in [-0.1, -0.05) is 0 Å². The summed E-state index contributed by atoms with van der Waals surface area (Å²) in [5.41, 5.74) is 5.57. The van der Waals surface area contributed by atoms with Gasteiger partial charge in [-0.15, -0.1) is 0 Å². The molecule has 1 amide bonds. The zero-order valence-electron chi connectivity index (χ0n) is 8.79. The van der Waals surface area contributed by atoms with Crippen LogP contribution in [0.4, 0.5) is 0 Å². The first-order valence-electron chi connectivity index (χ1n) is 5.24. The predicted molar refractivity (Wildman–Crippen MR) is 54.8 cm³/mol. The predicted octanol–water partition coefficient (Wildman–Crippen LogP) is 0.267. The molecule has 0 saturated heterocycles. The summed E-state index contributed by atoms with van der Waals surface area (Å²) in [5.74, 6) is 0.692. The van der Waals surface area contributed by atoms with Crippen molar-refractivity contribution >= 4 is 5.91 Å². The third kappa shape index (κ3) is 3.64. The van der Waals surface area contributed by atoms with Crippen LogP contribution in [0, 0.1) is 5.92 Å². The van der Waals surface area contributed by atoms with Gasteiger partial charge in [0.1, 0.15) is 0 Å². The van der Waals surface area contributed by atoms with Gasteiger partial charge in [-0.2, -0.15) is 0 Å². The van der Waals surface area contributed by atoms with Crippen molar-refractivity contribution in [1.29, 1.82) is 0 Å². The Kier molecular flexibility index (Phi) is 4.90. The smallest absolute Gasteiger partial charge is 0.222 e. The van der Waals surface area contributed by atoms with Crippen molar-refractivity contribution in [3.8, 4) is 0 Å². The van der Waals surface area contributed by atoms with E-state index in [-0.39, 0.29) is 5.91 Å². The molecule has 0 spiro atoms. The standard InChI is InChI=1S/C10H20N2O2/c1-14-5-4-10(13)12-9-3-2-8(6-9)7-11/h8-9H,2-7,11H2,1H3,(H,12,13)/t8-,9+/m0/s1. The fourth-order valence-corrected chi connectivity index (χ4v) is 1.91. The Hall–Kier alpha value is -0.610. The molecule has 4 heteroatoms. The fraction of sp³-hybridized carbons (Fsp3) is 0.900. The van der Waals surface area contributed by atoms with E-state index in [1.54, 1.807) is 7.11 Å². The fourth-order valence-electron chi connectivity index (χ4n) is 1.91. The Morgan fingerprint density at radius 2 is 2.36 bits per heavy atom. The molecule has 1 rings (SSSR count). The molecule has 0 bridgehead atoms. The number of rotatable bonds is 5. The number of nitrogens with two attached hydrogens (primary N) is 1. The molecular weight excluding hydrogens is 180 g/mol. The lowest BCUT2D eigenvalue weighted by Gasteiger charge is -2.12. The number of hydrogen-bond donors (Lipinski definition) is 2. The minimum atomic E-state index is 0.0921. The van der Waals surface area contributed by atoms with E-state index in [1.807, 2.05) is 0 Å². The van der Waals surface area contributed by atoms with Crippen LogP contribution < -0.4 is 11.1 Å². The first-order valence-corrected chi connectivity index (χ1v) is 5.24. The summed E-state index contributed by atoms with van der Waals surface area (Å²) >= 11 is 0. The van der Waals surface area contributed by atoms with Crippen molar-refractivity contribution in [3.63, 3.8) is 0 Å². The Labute approximate surface area is 85.2 Å². The van der Waals surface area contributed by atoms with E-state index < -0.39 is 0 Å².